The third kappa shape index (κ3) is 8.08. The predicted octanol–water partition coefficient (Wildman–Crippen LogP) is 5.71. The van der Waals surface area contributed by atoms with Crippen LogP contribution in [0.4, 0.5) is 14.5 Å². The lowest BCUT2D eigenvalue weighted by Crippen LogP contribution is -2.56. The minimum atomic E-state index is -4.45. The van der Waals surface area contributed by atoms with Crippen molar-refractivity contribution in [2.24, 2.45) is 0 Å². The molecule has 0 saturated carbocycles. The molecule has 44 heavy (non-hydrogen) atoms. The summed E-state index contributed by atoms with van der Waals surface area (Å²) in [5, 5.41) is 2.91. The molecule has 1 N–H and O–H groups in total. The minimum Gasteiger partial charge on any atom is -0.350 e. The molecule has 7 nitrogen and oxygen atoms in total. The van der Waals surface area contributed by atoms with Gasteiger partial charge in [0.25, 0.3) is 10.0 Å². The van der Waals surface area contributed by atoms with Crippen LogP contribution in [0.3, 0.4) is 0 Å². The maximum absolute atomic E-state index is 15.2. The molecule has 0 heterocycles. The SMILES string of the molecule is CC(C)(C)NC(=O)C(Cc1ccccc1)N(Cc1ccccc1F)C(=O)CN(c1ccccc1F)S(=O)(=O)c1ccccc1. The smallest absolute Gasteiger partial charge is 0.264 e. The number of anilines is 1. The van der Waals surface area contributed by atoms with Gasteiger partial charge in [0.15, 0.2) is 0 Å². The molecule has 1 atom stereocenters. The molecule has 10 heteroatoms. The van der Waals surface area contributed by atoms with Crippen LogP contribution in [0.1, 0.15) is 31.9 Å². The van der Waals surface area contributed by atoms with Crippen molar-refractivity contribution in [2.45, 2.75) is 50.2 Å². The van der Waals surface area contributed by atoms with Crippen molar-refractivity contribution in [3.05, 3.63) is 132 Å². The third-order valence-electron chi connectivity index (χ3n) is 6.80. The van der Waals surface area contributed by atoms with E-state index in [1.54, 1.807) is 57.2 Å². The van der Waals surface area contributed by atoms with Crippen molar-refractivity contribution in [3.63, 3.8) is 0 Å². The van der Waals surface area contributed by atoms with E-state index in [2.05, 4.69) is 5.32 Å². The van der Waals surface area contributed by atoms with E-state index in [0.717, 1.165) is 11.6 Å². The normalized spacial score (nSPS) is 12.3. The fourth-order valence-corrected chi connectivity index (χ4v) is 6.15. The van der Waals surface area contributed by atoms with Gasteiger partial charge in [-0.2, -0.15) is 0 Å². The molecule has 4 aromatic carbocycles. The summed E-state index contributed by atoms with van der Waals surface area (Å²) >= 11 is 0. The second kappa shape index (κ2) is 13.8. The molecule has 0 fully saturated rings. The lowest BCUT2D eigenvalue weighted by atomic mass is 10.0. The van der Waals surface area contributed by atoms with E-state index in [4.69, 9.17) is 0 Å². The first-order valence-corrected chi connectivity index (χ1v) is 15.5. The van der Waals surface area contributed by atoms with Gasteiger partial charge in [0.1, 0.15) is 24.2 Å². The van der Waals surface area contributed by atoms with Crippen molar-refractivity contribution >= 4 is 27.5 Å². The molecule has 0 aliphatic heterocycles. The van der Waals surface area contributed by atoms with Crippen LogP contribution in [-0.2, 0) is 32.6 Å². The Morgan fingerprint density at radius 1 is 0.773 bits per heavy atom. The summed E-state index contributed by atoms with van der Waals surface area (Å²) in [6, 6.07) is 26.3. The zero-order valence-corrected chi connectivity index (χ0v) is 25.6. The van der Waals surface area contributed by atoms with Crippen molar-refractivity contribution in [1.29, 1.82) is 0 Å². The molecule has 230 valence electrons. The van der Waals surface area contributed by atoms with E-state index in [-0.39, 0.29) is 29.1 Å². The second-order valence-corrected chi connectivity index (χ2v) is 13.2. The summed E-state index contributed by atoms with van der Waals surface area (Å²) in [5.41, 5.74) is -0.148. The monoisotopic (exact) mass is 619 g/mol. The molecule has 0 aliphatic rings. The van der Waals surface area contributed by atoms with Crippen LogP contribution < -0.4 is 9.62 Å². The summed E-state index contributed by atoms with van der Waals surface area (Å²) in [7, 11) is -4.45. The third-order valence-corrected chi connectivity index (χ3v) is 8.57. The quantitative estimate of drug-likeness (QED) is 0.233. The molecule has 0 saturated heterocycles. The Morgan fingerprint density at radius 2 is 1.32 bits per heavy atom. The highest BCUT2D eigenvalue weighted by atomic mass is 32.2. The van der Waals surface area contributed by atoms with Crippen LogP contribution in [0.15, 0.2) is 114 Å². The first kappa shape index (κ1) is 32.3. The number of halogens is 2. The minimum absolute atomic E-state index is 0.0636. The summed E-state index contributed by atoms with van der Waals surface area (Å²) in [6.07, 6.45) is 0.0636. The molecule has 4 aromatic rings. The summed E-state index contributed by atoms with van der Waals surface area (Å²) < 4.78 is 58.6. The number of nitrogens with zero attached hydrogens (tertiary/aromatic N) is 2. The fraction of sp³-hybridized carbons (Fsp3) is 0.235. The highest BCUT2D eigenvalue weighted by molar-refractivity contribution is 7.92. The number of hydrogen-bond donors (Lipinski definition) is 1. The standard InChI is InChI=1S/C34H35F2N3O4S/c1-34(2,3)37-33(41)31(22-25-14-6-4-7-15-25)38(23-26-16-10-11-19-28(26)35)32(40)24-39(30-21-13-12-20-29(30)36)44(42,43)27-17-8-5-9-18-27/h4-21,31H,22-24H2,1-3H3,(H,37,41). The van der Waals surface area contributed by atoms with Gasteiger partial charge in [-0.15, -0.1) is 0 Å². The highest BCUT2D eigenvalue weighted by Gasteiger charge is 2.36. The summed E-state index contributed by atoms with van der Waals surface area (Å²) in [4.78, 5) is 29.2. The molecular weight excluding hydrogens is 584 g/mol. The number of sulfonamides is 1. The highest BCUT2D eigenvalue weighted by Crippen LogP contribution is 2.27. The van der Waals surface area contributed by atoms with E-state index in [0.29, 0.717) is 4.31 Å². The van der Waals surface area contributed by atoms with E-state index < -0.39 is 51.6 Å². The summed E-state index contributed by atoms with van der Waals surface area (Å²) in [6.45, 7) is 4.19. The van der Waals surface area contributed by atoms with E-state index >= 15 is 4.39 Å². The van der Waals surface area contributed by atoms with Crippen molar-refractivity contribution in [2.75, 3.05) is 10.8 Å². The maximum atomic E-state index is 15.2. The summed E-state index contributed by atoms with van der Waals surface area (Å²) in [5.74, 6) is -2.77. The van der Waals surface area contributed by atoms with Crippen molar-refractivity contribution in [3.8, 4) is 0 Å². The van der Waals surface area contributed by atoms with E-state index in [9.17, 15) is 22.4 Å². The lowest BCUT2D eigenvalue weighted by Gasteiger charge is -2.35. The first-order chi connectivity index (χ1) is 20.9. The Kier molecular flexibility index (Phi) is 10.2. The van der Waals surface area contributed by atoms with Gasteiger partial charge in [0.05, 0.1) is 10.6 Å². The number of carbonyl (C=O) groups excluding carboxylic acids is 2. The van der Waals surface area contributed by atoms with Crippen LogP contribution >= 0.6 is 0 Å². The number of rotatable bonds is 11. The Balaban J connectivity index is 1.83. The van der Waals surface area contributed by atoms with Gasteiger partial charge >= 0.3 is 0 Å². The van der Waals surface area contributed by atoms with Gasteiger partial charge in [-0.3, -0.25) is 13.9 Å². The zero-order valence-electron chi connectivity index (χ0n) is 24.8. The molecule has 0 bridgehead atoms. The Hall–Kier alpha value is -4.57. The average Bonchev–Trinajstić information content (AvgIpc) is 2.99. The lowest BCUT2D eigenvalue weighted by molar-refractivity contribution is -0.140. The average molecular weight is 620 g/mol. The number of nitrogens with one attached hydrogen (secondary N) is 1. The largest absolute Gasteiger partial charge is 0.350 e. The fourth-order valence-electron chi connectivity index (χ4n) is 4.70. The van der Waals surface area contributed by atoms with Crippen molar-refractivity contribution < 1.29 is 26.8 Å². The number of hydrogen-bond acceptors (Lipinski definition) is 4. The van der Waals surface area contributed by atoms with Crippen LogP contribution in [0.25, 0.3) is 0 Å². The molecular formula is C34H35F2N3O4S. The predicted molar refractivity (Wildman–Crippen MR) is 166 cm³/mol. The Bertz CT molecular complexity index is 1690. The Labute approximate surface area is 257 Å². The molecule has 0 radical (unpaired) electrons. The molecule has 2 amide bonds. The molecule has 0 aliphatic carbocycles. The van der Waals surface area contributed by atoms with Crippen LogP contribution in [0, 0.1) is 11.6 Å². The van der Waals surface area contributed by atoms with Gasteiger partial charge in [-0.25, -0.2) is 17.2 Å². The molecule has 0 spiro atoms. The first-order valence-electron chi connectivity index (χ1n) is 14.1. The molecule has 1 unspecified atom stereocenters. The van der Waals surface area contributed by atoms with Gasteiger partial charge in [-0.1, -0.05) is 78.9 Å². The molecule has 0 aromatic heterocycles. The van der Waals surface area contributed by atoms with Crippen LogP contribution in [0.5, 0.6) is 0 Å². The van der Waals surface area contributed by atoms with E-state index in [1.807, 2.05) is 6.07 Å². The Morgan fingerprint density at radius 3 is 1.91 bits per heavy atom. The van der Waals surface area contributed by atoms with Gasteiger partial charge in [0, 0.05) is 24.1 Å². The number of para-hydroxylation sites is 1. The number of amides is 2. The number of benzene rings is 4. The second-order valence-electron chi connectivity index (χ2n) is 11.3. The maximum Gasteiger partial charge on any atom is 0.264 e. The molecule has 4 rings (SSSR count). The van der Waals surface area contributed by atoms with Crippen LogP contribution in [-0.4, -0.2) is 43.3 Å². The zero-order chi connectivity index (χ0) is 31.9. The van der Waals surface area contributed by atoms with E-state index in [1.165, 1.54) is 65.6 Å². The topological polar surface area (TPSA) is 86.8 Å². The van der Waals surface area contributed by atoms with Gasteiger partial charge in [-0.05, 0) is 56.7 Å². The van der Waals surface area contributed by atoms with Gasteiger partial charge in [0.2, 0.25) is 11.8 Å². The van der Waals surface area contributed by atoms with Gasteiger partial charge < -0.3 is 10.2 Å². The van der Waals surface area contributed by atoms with Crippen LogP contribution in [0.2, 0.25) is 0 Å². The van der Waals surface area contributed by atoms with Crippen molar-refractivity contribution in [1.82, 2.24) is 10.2 Å². The number of carbonyl (C=O) groups is 2.